The summed E-state index contributed by atoms with van der Waals surface area (Å²) in [6.07, 6.45) is -0.175. The maximum atomic E-state index is 11.1. The summed E-state index contributed by atoms with van der Waals surface area (Å²) in [6.45, 7) is 6.65. The highest BCUT2D eigenvalue weighted by molar-refractivity contribution is 5.70. The zero-order valence-corrected chi connectivity index (χ0v) is 9.45. The second kappa shape index (κ2) is 5.44. The first kappa shape index (κ1) is 12.4. The zero-order valence-electron chi connectivity index (χ0n) is 9.45. The monoisotopic (exact) mass is 218 g/mol. The van der Waals surface area contributed by atoms with Gasteiger partial charge in [-0.1, -0.05) is 0 Å². The molecular weight excluding hydrogens is 200 g/mol. The van der Waals surface area contributed by atoms with Crippen LogP contribution in [0, 0.1) is 0 Å². The first-order valence-corrected chi connectivity index (χ1v) is 5.08. The van der Waals surface area contributed by atoms with Gasteiger partial charge in [-0.3, -0.25) is 0 Å². The van der Waals surface area contributed by atoms with Crippen LogP contribution in [0.25, 0.3) is 0 Å². The van der Waals surface area contributed by atoms with Crippen molar-refractivity contribution in [3.63, 3.8) is 0 Å². The van der Waals surface area contributed by atoms with Crippen molar-refractivity contribution in [3.8, 4) is 0 Å². The Labute approximate surface area is 89.6 Å². The third kappa shape index (κ3) is 4.59. The molecule has 1 saturated heterocycles. The largest absolute Gasteiger partial charge is 0.461 e. The van der Waals surface area contributed by atoms with E-state index in [1.54, 1.807) is 0 Å². The molecule has 5 heteroatoms. The Kier molecular flexibility index (Phi) is 4.50. The molecule has 0 aliphatic carbocycles. The Morgan fingerprint density at radius 3 is 2.80 bits per heavy atom. The van der Waals surface area contributed by atoms with E-state index >= 15 is 0 Å². The minimum atomic E-state index is -0.572. The molecule has 1 heterocycles. The SMILES string of the molecule is CCOCC(=O)OCC1COC(C)(C)O1. The lowest BCUT2D eigenvalue weighted by Crippen LogP contribution is -2.26. The summed E-state index contributed by atoms with van der Waals surface area (Å²) >= 11 is 0. The fourth-order valence-corrected chi connectivity index (χ4v) is 1.26. The van der Waals surface area contributed by atoms with Gasteiger partial charge in [0.05, 0.1) is 6.61 Å². The van der Waals surface area contributed by atoms with Gasteiger partial charge in [0.25, 0.3) is 0 Å². The van der Waals surface area contributed by atoms with Crippen LogP contribution in [0.1, 0.15) is 20.8 Å². The van der Waals surface area contributed by atoms with Gasteiger partial charge in [-0.05, 0) is 20.8 Å². The van der Waals surface area contributed by atoms with Crippen LogP contribution in [-0.4, -0.2) is 44.3 Å². The fraction of sp³-hybridized carbons (Fsp3) is 0.900. The molecule has 1 fully saturated rings. The van der Waals surface area contributed by atoms with Gasteiger partial charge in [0.15, 0.2) is 5.79 Å². The van der Waals surface area contributed by atoms with E-state index in [0.29, 0.717) is 13.2 Å². The molecule has 1 rings (SSSR count). The lowest BCUT2D eigenvalue weighted by molar-refractivity contribution is -0.161. The van der Waals surface area contributed by atoms with Crippen LogP contribution in [0.2, 0.25) is 0 Å². The molecule has 0 saturated carbocycles. The predicted octanol–water partition coefficient (Wildman–Crippen LogP) is 0.718. The molecule has 0 radical (unpaired) electrons. The highest BCUT2D eigenvalue weighted by atomic mass is 16.7. The van der Waals surface area contributed by atoms with Gasteiger partial charge in [0, 0.05) is 6.61 Å². The summed E-state index contributed by atoms with van der Waals surface area (Å²) in [4.78, 5) is 11.1. The van der Waals surface area contributed by atoms with Crippen molar-refractivity contribution in [1.82, 2.24) is 0 Å². The summed E-state index contributed by atoms with van der Waals surface area (Å²) in [7, 11) is 0. The predicted molar refractivity (Wildman–Crippen MR) is 52.4 cm³/mol. The van der Waals surface area contributed by atoms with Crippen LogP contribution in [0.15, 0.2) is 0 Å². The van der Waals surface area contributed by atoms with E-state index in [0.717, 1.165) is 0 Å². The number of carbonyl (C=O) groups excluding carboxylic acids is 1. The first-order valence-electron chi connectivity index (χ1n) is 5.08. The van der Waals surface area contributed by atoms with E-state index in [-0.39, 0.29) is 25.3 Å². The van der Waals surface area contributed by atoms with Crippen molar-refractivity contribution in [3.05, 3.63) is 0 Å². The van der Waals surface area contributed by atoms with Gasteiger partial charge < -0.3 is 18.9 Å². The van der Waals surface area contributed by atoms with Crippen LogP contribution in [0.5, 0.6) is 0 Å². The minimum absolute atomic E-state index is 0.00648. The molecule has 0 N–H and O–H groups in total. The van der Waals surface area contributed by atoms with Crippen molar-refractivity contribution in [2.75, 3.05) is 26.4 Å². The van der Waals surface area contributed by atoms with Gasteiger partial charge in [-0.15, -0.1) is 0 Å². The average molecular weight is 218 g/mol. The van der Waals surface area contributed by atoms with Crippen molar-refractivity contribution in [2.45, 2.75) is 32.7 Å². The smallest absolute Gasteiger partial charge is 0.332 e. The standard InChI is InChI=1S/C10H18O5/c1-4-12-7-9(11)13-5-8-6-14-10(2,3)15-8/h8H,4-7H2,1-3H3. The molecule has 0 amide bonds. The van der Waals surface area contributed by atoms with E-state index in [4.69, 9.17) is 18.9 Å². The second-order valence-electron chi connectivity index (χ2n) is 3.77. The summed E-state index contributed by atoms with van der Waals surface area (Å²) in [5.74, 6) is -0.943. The van der Waals surface area contributed by atoms with Crippen molar-refractivity contribution in [1.29, 1.82) is 0 Å². The van der Waals surface area contributed by atoms with Gasteiger partial charge in [0.2, 0.25) is 0 Å². The highest BCUT2D eigenvalue weighted by Gasteiger charge is 2.33. The number of rotatable bonds is 5. The maximum absolute atomic E-state index is 11.1. The molecular formula is C10H18O5. The number of ether oxygens (including phenoxy) is 4. The zero-order chi connectivity index (χ0) is 11.3. The fourth-order valence-electron chi connectivity index (χ4n) is 1.26. The average Bonchev–Trinajstić information content (AvgIpc) is 2.52. The van der Waals surface area contributed by atoms with Gasteiger partial charge in [-0.2, -0.15) is 0 Å². The molecule has 5 nitrogen and oxygen atoms in total. The molecule has 0 aromatic rings. The van der Waals surface area contributed by atoms with E-state index in [9.17, 15) is 4.79 Å². The topological polar surface area (TPSA) is 54.0 Å². The Morgan fingerprint density at radius 2 is 2.27 bits per heavy atom. The Bertz CT molecular complexity index is 214. The third-order valence-electron chi connectivity index (χ3n) is 1.92. The summed E-state index contributed by atoms with van der Waals surface area (Å²) < 4.78 is 20.6. The van der Waals surface area contributed by atoms with Crippen LogP contribution in [-0.2, 0) is 23.7 Å². The highest BCUT2D eigenvalue weighted by Crippen LogP contribution is 2.22. The molecule has 15 heavy (non-hydrogen) atoms. The Morgan fingerprint density at radius 1 is 1.53 bits per heavy atom. The van der Waals surface area contributed by atoms with E-state index in [2.05, 4.69) is 0 Å². The number of hydrogen-bond donors (Lipinski definition) is 0. The second-order valence-corrected chi connectivity index (χ2v) is 3.77. The van der Waals surface area contributed by atoms with E-state index in [1.807, 2.05) is 20.8 Å². The molecule has 1 aliphatic heterocycles. The normalized spacial score (nSPS) is 24.1. The maximum Gasteiger partial charge on any atom is 0.332 e. The number of carbonyl (C=O) groups is 1. The molecule has 1 atom stereocenters. The molecule has 0 spiro atoms. The quantitative estimate of drug-likeness (QED) is 0.636. The van der Waals surface area contributed by atoms with Crippen molar-refractivity contribution in [2.24, 2.45) is 0 Å². The Balaban J connectivity index is 2.13. The molecule has 0 aromatic heterocycles. The van der Waals surface area contributed by atoms with Crippen LogP contribution < -0.4 is 0 Å². The van der Waals surface area contributed by atoms with Crippen molar-refractivity contribution >= 4 is 5.97 Å². The first-order chi connectivity index (χ1) is 7.03. The molecule has 1 aliphatic rings. The van der Waals surface area contributed by atoms with Crippen LogP contribution in [0.4, 0.5) is 0 Å². The third-order valence-corrected chi connectivity index (χ3v) is 1.92. The van der Waals surface area contributed by atoms with E-state index in [1.165, 1.54) is 0 Å². The molecule has 1 unspecified atom stereocenters. The van der Waals surface area contributed by atoms with Crippen LogP contribution in [0.3, 0.4) is 0 Å². The van der Waals surface area contributed by atoms with Gasteiger partial charge in [-0.25, -0.2) is 4.79 Å². The summed E-state index contributed by atoms with van der Waals surface area (Å²) in [5, 5.41) is 0. The summed E-state index contributed by atoms with van der Waals surface area (Å²) in [6, 6.07) is 0. The lowest BCUT2D eigenvalue weighted by atomic mass is 10.4. The minimum Gasteiger partial charge on any atom is -0.461 e. The molecule has 88 valence electrons. The summed E-state index contributed by atoms with van der Waals surface area (Å²) in [5.41, 5.74) is 0. The molecule has 0 aromatic carbocycles. The van der Waals surface area contributed by atoms with Gasteiger partial charge in [0.1, 0.15) is 19.3 Å². The van der Waals surface area contributed by atoms with Gasteiger partial charge >= 0.3 is 5.97 Å². The van der Waals surface area contributed by atoms with E-state index < -0.39 is 5.79 Å². The lowest BCUT2D eigenvalue weighted by Gasteiger charge is -2.16. The number of esters is 1. The van der Waals surface area contributed by atoms with Crippen LogP contribution >= 0.6 is 0 Å². The van der Waals surface area contributed by atoms with Crippen molar-refractivity contribution < 1.29 is 23.7 Å². The number of hydrogen-bond acceptors (Lipinski definition) is 5. The molecule has 0 bridgehead atoms. The Hall–Kier alpha value is -0.650.